The van der Waals surface area contributed by atoms with E-state index in [9.17, 15) is 0 Å². The summed E-state index contributed by atoms with van der Waals surface area (Å²) in [5.41, 5.74) is 3.36. The minimum atomic E-state index is 0.113. The van der Waals surface area contributed by atoms with Crippen LogP contribution in [-0.2, 0) is 0 Å². The van der Waals surface area contributed by atoms with Gasteiger partial charge in [0, 0.05) is 0 Å². The Morgan fingerprint density at radius 3 is 2.81 bits per heavy atom. The molecule has 0 radical (unpaired) electrons. The van der Waals surface area contributed by atoms with Crippen LogP contribution in [0.2, 0.25) is 5.28 Å². The Balaban J connectivity index is 2.06. The van der Waals surface area contributed by atoms with Crippen LogP contribution in [0.5, 0.6) is 11.6 Å². The van der Waals surface area contributed by atoms with Crippen molar-refractivity contribution >= 4 is 22.8 Å². The van der Waals surface area contributed by atoms with Gasteiger partial charge in [0.15, 0.2) is 5.65 Å². The van der Waals surface area contributed by atoms with Crippen molar-refractivity contribution in [2.75, 3.05) is 0 Å². The molecule has 0 saturated heterocycles. The minimum Gasteiger partial charge on any atom is -0.437 e. The van der Waals surface area contributed by atoms with Crippen molar-refractivity contribution in [1.29, 1.82) is 0 Å². The first-order valence-electron chi connectivity index (χ1n) is 6.69. The predicted octanol–water partition coefficient (Wildman–Crippen LogP) is 4.23. The average Bonchev–Trinajstić information content (AvgIpc) is 2.89. The summed E-state index contributed by atoms with van der Waals surface area (Å²) < 4.78 is 5.95. The third-order valence-corrected chi connectivity index (χ3v) is 3.48. The number of fused-ring (bicyclic) bond motifs is 1. The SMILES string of the molecule is Cc1ccc(C(C)C)cc1Oc1nc(Cl)nc2nc[nH]c12. The molecule has 1 aromatic carbocycles. The van der Waals surface area contributed by atoms with Crippen molar-refractivity contribution in [2.24, 2.45) is 0 Å². The number of aryl methyl sites for hydroxylation is 1. The largest absolute Gasteiger partial charge is 0.437 e. The van der Waals surface area contributed by atoms with Crippen LogP contribution in [0.1, 0.15) is 30.9 Å². The Kier molecular flexibility index (Phi) is 3.51. The Morgan fingerprint density at radius 1 is 1.24 bits per heavy atom. The second kappa shape index (κ2) is 5.33. The lowest BCUT2D eigenvalue weighted by molar-refractivity contribution is 0.462. The lowest BCUT2D eigenvalue weighted by atomic mass is 10.0. The van der Waals surface area contributed by atoms with Gasteiger partial charge in [-0.2, -0.15) is 9.97 Å². The normalized spacial score (nSPS) is 11.3. The van der Waals surface area contributed by atoms with E-state index in [-0.39, 0.29) is 5.28 Å². The summed E-state index contributed by atoms with van der Waals surface area (Å²) in [7, 11) is 0. The van der Waals surface area contributed by atoms with Gasteiger partial charge in [-0.25, -0.2) is 4.98 Å². The number of hydrogen-bond donors (Lipinski definition) is 1. The van der Waals surface area contributed by atoms with Gasteiger partial charge < -0.3 is 9.72 Å². The summed E-state index contributed by atoms with van der Waals surface area (Å²) in [6, 6.07) is 6.17. The highest BCUT2D eigenvalue weighted by atomic mass is 35.5. The zero-order chi connectivity index (χ0) is 15.0. The van der Waals surface area contributed by atoms with Gasteiger partial charge in [0.2, 0.25) is 11.2 Å². The van der Waals surface area contributed by atoms with Crippen LogP contribution < -0.4 is 4.74 Å². The molecule has 3 rings (SSSR count). The van der Waals surface area contributed by atoms with E-state index in [1.807, 2.05) is 19.1 Å². The molecule has 0 amide bonds. The van der Waals surface area contributed by atoms with E-state index in [1.54, 1.807) is 6.33 Å². The molecule has 0 aliphatic heterocycles. The molecule has 21 heavy (non-hydrogen) atoms. The van der Waals surface area contributed by atoms with Crippen LogP contribution in [0.3, 0.4) is 0 Å². The van der Waals surface area contributed by atoms with Crippen molar-refractivity contribution in [3.05, 3.63) is 40.9 Å². The van der Waals surface area contributed by atoms with Gasteiger partial charge in [-0.05, 0) is 41.6 Å². The van der Waals surface area contributed by atoms with Gasteiger partial charge in [-0.15, -0.1) is 0 Å². The number of aromatic nitrogens is 4. The number of halogens is 1. The second-order valence-corrected chi connectivity index (χ2v) is 5.52. The molecule has 1 N–H and O–H groups in total. The lowest BCUT2D eigenvalue weighted by Crippen LogP contribution is -1.96. The first-order chi connectivity index (χ1) is 10.0. The zero-order valence-electron chi connectivity index (χ0n) is 12.0. The Morgan fingerprint density at radius 2 is 2.05 bits per heavy atom. The van der Waals surface area contributed by atoms with Crippen molar-refractivity contribution < 1.29 is 4.74 Å². The molecule has 0 spiro atoms. The average molecular weight is 303 g/mol. The third kappa shape index (κ3) is 2.69. The molecular weight excluding hydrogens is 288 g/mol. The molecule has 0 atom stereocenters. The minimum absolute atomic E-state index is 0.113. The number of aromatic amines is 1. The number of hydrogen-bond acceptors (Lipinski definition) is 4. The van der Waals surface area contributed by atoms with Crippen molar-refractivity contribution in [3.8, 4) is 11.6 Å². The molecular formula is C15H15ClN4O. The monoisotopic (exact) mass is 302 g/mol. The summed E-state index contributed by atoms with van der Waals surface area (Å²) in [5, 5.41) is 0.113. The van der Waals surface area contributed by atoms with Gasteiger partial charge in [0.1, 0.15) is 11.3 Å². The van der Waals surface area contributed by atoms with Crippen LogP contribution in [0.25, 0.3) is 11.2 Å². The Labute approximate surface area is 127 Å². The van der Waals surface area contributed by atoms with Crippen LogP contribution in [0, 0.1) is 6.92 Å². The van der Waals surface area contributed by atoms with E-state index in [4.69, 9.17) is 16.3 Å². The van der Waals surface area contributed by atoms with Gasteiger partial charge in [0.25, 0.3) is 0 Å². The van der Waals surface area contributed by atoms with Crippen LogP contribution in [0.15, 0.2) is 24.5 Å². The molecule has 3 aromatic rings. The van der Waals surface area contributed by atoms with Gasteiger partial charge in [0.05, 0.1) is 6.33 Å². The number of H-pyrrole nitrogens is 1. The van der Waals surface area contributed by atoms with E-state index in [0.717, 1.165) is 11.3 Å². The first-order valence-corrected chi connectivity index (χ1v) is 7.07. The summed E-state index contributed by atoms with van der Waals surface area (Å²) in [6.07, 6.45) is 1.54. The number of ether oxygens (including phenoxy) is 1. The lowest BCUT2D eigenvalue weighted by Gasteiger charge is -2.12. The highest BCUT2D eigenvalue weighted by molar-refractivity contribution is 6.28. The number of rotatable bonds is 3. The Hall–Kier alpha value is -2.14. The van der Waals surface area contributed by atoms with E-state index >= 15 is 0 Å². The molecule has 0 fully saturated rings. The third-order valence-electron chi connectivity index (χ3n) is 3.31. The van der Waals surface area contributed by atoms with Gasteiger partial charge in [-0.3, -0.25) is 0 Å². The molecule has 108 valence electrons. The smallest absolute Gasteiger partial charge is 0.250 e. The summed E-state index contributed by atoms with van der Waals surface area (Å²) in [5.74, 6) is 1.56. The van der Waals surface area contributed by atoms with E-state index in [0.29, 0.717) is 23.0 Å². The number of nitrogens with zero attached hydrogens (tertiary/aromatic N) is 3. The maximum Gasteiger partial charge on any atom is 0.250 e. The molecule has 0 unspecified atom stereocenters. The van der Waals surface area contributed by atoms with Crippen molar-refractivity contribution in [1.82, 2.24) is 19.9 Å². The van der Waals surface area contributed by atoms with Crippen molar-refractivity contribution in [2.45, 2.75) is 26.7 Å². The van der Waals surface area contributed by atoms with Crippen LogP contribution in [0.4, 0.5) is 0 Å². The van der Waals surface area contributed by atoms with Crippen LogP contribution in [-0.4, -0.2) is 19.9 Å². The standard InChI is InChI=1S/C15H15ClN4O/c1-8(2)10-5-4-9(3)11(6-10)21-14-12-13(18-7-17-12)19-15(16)20-14/h4-8H,1-3H3,(H,17,18,19,20). The quantitative estimate of drug-likeness (QED) is 0.735. The Bertz CT molecular complexity index is 797. The highest BCUT2D eigenvalue weighted by Crippen LogP contribution is 2.31. The van der Waals surface area contributed by atoms with Gasteiger partial charge >= 0.3 is 0 Å². The molecule has 2 heterocycles. The number of nitrogens with one attached hydrogen (secondary N) is 1. The number of benzene rings is 1. The summed E-state index contributed by atoms with van der Waals surface area (Å²) in [6.45, 7) is 6.28. The summed E-state index contributed by atoms with van der Waals surface area (Å²) >= 11 is 5.91. The fraction of sp³-hybridized carbons (Fsp3) is 0.267. The molecule has 0 aliphatic carbocycles. The molecule has 0 bridgehead atoms. The highest BCUT2D eigenvalue weighted by Gasteiger charge is 2.13. The zero-order valence-corrected chi connectivity index (χ0v) is 12.8. The molecule has 0 aliphatic rings. The van der Waals surface area contributed by atoms with Gasteiger partial charge in [-0.1, -0.05) is 26.0 Å². The van der Waals surface area contributed by atoms with Crippen molar-refractivity contribution in [3.63, 3.8) is 0 Å². The molecule has 2 aromatic heterocycles. The molecule has 0 saturated carbocycles. The maximum absolute atomic E-state index is 5.95. The topological polar surface area (TPSA) is 63.7 Å². The summed E-state index contributed by atoms with van der Waals surface area (Å²) in [4.78, 5) is 15.2. The fourth-order valence-electron chi connectivity index (χ4n) is 2.05. The van der Waals surface area contributed by atoms with E-state index < -0.39 is 0 Å². The van der Waals surface area contributed by atoms with E-state index in [2.05, 4.69) is 39.8 Å². The molecule has 5 nitrogen and oxygen atoms in total. The predicted molar refractivity (Wildman–Crippen MR) is 82.0 cm³/mol. The molecule has 6 heteroatoms. The second-order valence-electron chi connectivity index (χ2n) is 5.18. The maximum atomic E-state index is 5.95. The fourth-order valence-corrected chi connectivity index (χ4v) is 2.20. The first kappa shape index (κ1) is 13.8. The van der Waals surface area contributed by atoms with Crippen LogP contribution >= 0.6 is 11.6 Å². The number of imidazole rings is 1. The van der Waals surface area contributed by atoms with E-state index in [1.165, 1.54) is 5.56 Å².